The fraction of sp³-hybridized carbons (Fsp3) is 0.0323. The van der Waals surface area contributed by atoms with E-state index in [9.17, 15) is 0 Å². The molecule has 5 aromatic carbocycles. The molecule has 34 heavy (non-hydrogen) atoms. The monoisotopic (exact) mass is 474 g/mol. The van der Waals surface area contributed by atoms with Crippen LogP contribution in [0.1, 0.15) is 22.3 Å². The molecule has 1 heterocycles. The molecular formula is C31H19ClOS. The molecular weight excluding hydrogens is 456 g/mol. The molecule has 1 aliphatic carbocycles. The van der Waals surface area contributed by atoms with Crippen molar-refractivity contribution in [2.24, 2.45) is 0 Å². The zero-order valence-corrected chi connectivity index (χ0v) is 19.7. The Morgan fingerprint density at radius 3 is 2.15 bits per heavy atom. The van der Waals surface area contributed by atoms with Gasteiger partial charge in [0.2, 0.25) is 0 Å². The van der Waals surface area contributed by atoms with Gasteiger partial charge < -0.3 is 4.74 Å². The lowest BCUT2D eigenvalue weighted by Gasteiger charge is -2.34. The third-order valence-corrected chi connectivity index (χ3v) is 8.31. The maximum Gasteiger partial charge on any atom is 0.142 e. The van der Waals surface area contributed by atoms with Crippen molar-refractivity contribution in [3.63, 3.8) is 0 Å². The highest BCUT2D eigenvalue weighted by atomic mass is 35.5. The van der Waals surface area contributed by atoms with Crippen molar-refractivity contribution in [2.45, 2.75) is 15.2 Å². The van der Waals surface area contributed by atoms with Crippen LogP contribution in [0, 0.1) is 0 Å². The van der Waals surface area contributed by atoms with Gasteiger partial charge in [0.05, 0.1) is 15.2 Å². The number of hydrogen-bond acceptors (Lipinski definition) is 2. The summed E-state index contributed by atoms with van der Waals surface area (Å²) in [6.45, 7) is 0. The molecule has 0 amide bonds. The largest absolute Gasteiger partial charge is 0.455 e. The van der Waals surface area contributed by atoms with Crippen LogP contribution in [0.2, 0.25) is 5.02 Å². The van der Waals surface area contributed by atoms with Gasteiger partial charge in [-0.3, -0.25) is 0 Å². The molecule has 3 heteroatoms. The Hall–Kier alpha value is -3.46. The van der Waals surface area contributed by atoms with E-state index in [0.717, 1.165) is 21.4 Å². The van der Waals surface area contributed by atoms with Crippen LogP contribution in [0.3, 0.4) is 0 Å². The summed E-state index contributed by atoms with van der Waals surface area (Å²) in [6.07, 6.45) is 0. The molecule has 0 spiro atoms. The Morgan fingerprint density at radius 1 is 0.588 bits per heavy atom. The molecule has 0 saturated carbocycles. The summed E-state index contributed by atoms with van der Waals surface area (Å²) in [7, 11) is 0. The highest BCUT2D eigenvalue weighted by molar-refractivity contribution is 7.99. The molecule has 1 atom stereocenters. The first kappa shape index (κ1) is 20.0. The first-order valence-corrected chi connectivity index (χ1v) is 12.5. The van der Waals surface area contributed by atoms with Gasteiger partial charge >= 0.3 is 0 Å². The summed E-state index contributed by atoms with van der Waals surface area (Å²) >= 11 is 8.13. The number of halogens is 1. The van der Waals surface area contributed by atoms with E-state index in [1.54, 1.807) is 11.8 Å². The molecule has 0 saturated heterocycles. The van der Waals surface area contributed by atoms with Crippen molar-refractivity contribution in [3.05, 3.63) is 143 Å². The standard InChI is InChI=1S/C31H19ClOS/c32-22-16-14-21(15-17-22)31(20-8-2-1-3-9-20)24-11-5-4-10-23(24)29-25(31)18-19-27-30(29)34-28-13-7-6-12-26(28)33-27/h1-19H. The van der Waals surface area contributed by atoms with Crippen molar-refractivity contribution in [1.29, 1.82) is 0 Å². The average molecular weight is 475 g/mol. The maximum atomic E-state index is 6.37. The van der Waals surface area contributed by atoms with E-state index in [0.29, 0.717) is 0 Å². The van der Waals surface area contributed by atoms with Gasteiger partial charge in [0.15, 0.2) is 0 Å². The fourth-order valence-electron chi connectivity index (χ4n) is 5.52. The van der Waals surface area contributed by atoms with Gasteiger partial charge in [0.1, 0.15) is 11.5 Å². The van der Waals surface area contributed by atoms with Crippen LogP contribution in [-0.2, 0) is 5.41 Å². The van der Waals surface area contributed by atoms with Gasteiger partial charge in [-0.05, 0) is 58.1 Å². The van der Waals surface area contributed by atoms with Gasteiger partial charge in [0.25, 0.3) is 0 Å². The first-order valence-electron chi connectivity index (χ1n) is 11.3. The molecule has 1 aliphatic heterocycles. The van der Waals surface area contributed by atoms with Gasteiger partial charge in [-0.15, -0.1) is 0 Å². The topological polar surface area (TPSA) is 9.23 Å². The Bertz CT molecular complexity index is 1560. The summed E-state index contributed by atoms with van der Waals surface area (Å²) in [4.78, 5) is 2.32. The van der Waals surface area contributed by atoms with Crippen molar-refractivity contribution >= 4 is 23.4 Å². The number of rotatable bonds is 2. The molecule has 5 aromatic rings. The maximum absolute atomic E-state index is 6.37. The smallest absolute Gasteiger partial charge is 0.142 e. The van der Waals surface area contributed by atoms with Crippen LogP contribution in [0.5, 0.6) is 11.5 Å². The van der Waals surface area contributed by atoms with E-state index in [1.165, 1.54) is 38.3 Å². The van der Waals surface area contributed by atoms with Crippen LogP contribution < -0.4 is 4.74 Å². The van der Waals surface area contributed by atoms with E-state index in [2.05, 4.69) is 91.0 Å². The number of para-hydroxylation sites is 1. The van der Waals surface area contributed by atoms with Gasteiger partial charge in [-0.25, -0.2) is 0 Å². The van der Waals surface area contributed by atoms with Crippen molar-refractivity contribution in [1.82, 2.24) is 0 Å². The number of ether oxygens (including phenoxy) is 1. The van der Waals surface area contributed by atoms with E-state index in [1.807, 2.05) is 24.3 Å². The molecule has 162 valence electrons. The molecule has 0 fully saturated rings. The minimum absolute atomic E-state index is 0.440. The molecule has 1 nitrogen and oxygen atoms in total. The summed E-state index contributed by atoms with van der Waals surface area (Å²) in [6, 6.07) is 40.6. The lowest BCUT2D eigenvalue weighted by Crippen LogP contribution is -2.28. The quantitative estimate of drug-likeness (QED) is 0.247. The van der Waals surface area contributed by atoms with Crippen LogP contribution in [0.15, 0.2) is 125 Å². The fourth-order valence-corrected chi connectivity index (χ4v) is 6.76. The van der Waals surface area contributed by atoms with Crippen molar-refractivity contribution in [3.8, 4) is 22.6 Å². The Balaban J connectivity index is 1.59. The number of benzene rings is 5. The molecule has 2 aliphatic rings. The second-order valence-electron chi connectivity index (χ2n) is 8.63. The van der Waals surface area contributed by atoms with Gasteiger partial charge in [-0.2, -0.15) is 0 Å². The molecule has 0 radical (unpaired) electrons. The normalized spacial score (nSPS) is 17.2. The summed E-state index contributed by atoms with van der Waals surface area (Å²) < 4.78 is 6.37. The molecule has 0 bridgehead atoms. The number of fused-ring (bicyclic) bond motifs is 6. The highest BCUT2D eigenvalue weighted by Crippen LogP contribution is 2.61. The molecule has 0 N–H and O–H groups in total. The highest BCUT2D eigenvalue weighted by Gasteiger charge is 2.47. The minimum atomic E-state index is -0.440. The van der Waals surface area contributed by atoms with E-state index in [-0.39, 0.29) is 0 Å². The van der Waals surface area contributed by atoms with E-state index >= 15 is 0 Å². The van der Waals surface area contributed by atoms with Crippen molar-refractivity contribution in [2.75, 3.05) is 0 Å². The van der Waals surface area contributed by atoms with Gasteiger partial charge in [0, 0.05) is 10.6 Å². The third kappa shape index (κ3) is 2.70. The van der Waals surface area contributed by atoms with Crippen LogP contribution in [-0.4, -0.2) is 0 Å². The third-order valence-electron chi connectivity index (χ3n) is 6.89. The SMILES string of the molecule is Clc1ccc(C2(c3ccccc3)c3ccccc3-c3c2ccc2c3Sc3ccccc3O2)cc1. The van der Waals surface area contributed by atoms with Crippen LogP contribution >= 0.6 is 23.4 Å². The molecule has 1 unspecified atom stereocenters. The lowest BCUT2D eigenvalue weighted by molar-refractivity contribution is 0.454. The minimum Gasteiger partial charge on any atom is -0.455 e. The van der Waals surface area contributed by atoms with E-state index < -0.39 is 5.41 Å². The Morgan fingerprint density at radius 2 is 1.29 bits per heavy atom. The second-order valence-corrected chi connectivity index (χ2v) is 10.1. The zero-order valence-electron chi connectivity index (χ0n) is 18.2. The van der Waals surface area contributed by atoms with Crippen LogP contribution in [0.25, 0.3) is 11.1 Å². The molecule has 7 rings (SSSR count). The summed E-state index contributed by atoms with van der Waals surface area (Å²) in [5.41, 5.74) is 7.07. The summed E-state index contributed by atoms with van der Waals surface area (Å²) in [5.74, 6) is 1.83. The Kier molecular flexibility index (Phi) is 4.42. The summed E-state index contributed by atoms with van der Waals surface area (Å²) in [5, 5.41) is 0.740. The molecule has 0 aromatic heterocycles. The Labute approximate surface area is 208 Å². The zero-order chi connectivity index (χ0) is 22.7. The predicted octanol–water partition coefficient (Wildman–Crippen LogP) is 8.96. The average Bonchev–Trinajstić information content (AvgIpc) is 3.20. The van der Waals surface area contributed by atoms with Crippen LogP contribution in [0.4, 0.5) is 0 Å². The van der Waals surface area contributed by atoms with E-state index in [4.69, 9.17) is 16.3 Å². The lowest BCUT2D eigenvalue weighted by atomic mass is 9.68. The predicted molar refractivity (Wildman–Crippen MR) is 139 cm³/mol. The van der Waals surface area contributed by atoms with Gasteiger partial charge in [-0.1, -0.05) is 108 Å². The number of hydrogen-bond donors (Lipinski definition) is 0. The first-order chi connectivity index (χ1) is 16.8. The second kappa shape index (κ2) is 7.53. The van der Waals surface area contributed by atoms with Crippen molar-refractivity contribution < 1.29 is 4.74 Å².